The van der Waals surface area contributed by atoms with E-state index < -0.39 is 0 Å². The van der Waals surface area contributed by atoms with Gasteiger partial charge in [-0.2, -0.15) is 0 Å². The van der Waals surface area contributed by atoms with Crippen LogP contribution in [0.5, 0.6) is 0 Å². The molecule has 4 nitrogen and oxygen atoms in total. The van der Waals surface area contributed by atoms with Crippen LogP contribution in [-0.2, 0) is 6.54 Å². The Morgan fingerprint density at radius 1 is 1.37 bits per heavy atom. The molecule has 1 aliphatic heterocycles. The van der Waals surface area contributed by atoms with E-state index in [1.54, 1.807) is 0 Å². The molecule has 1 unspecified atom stereocenters. The number of aromatic nitrogens is 1. The molecule has 1 aliphatic rings. The lowest BCUT2D eigenvalue weighted by atomic mass is 10.2. The van der Waals surface area contributed by atoms with Crippen molar-refractivity contribution in [2.45, 2.75) is 32.9 Å². The molecule has 2 heterocycles. The van der Waals surface area contributed by atoms with Crippen molar-refractivity contribution in [3.63, 3.8) is 0 Å². The van der Waals surface area contributed by atoms with Crippen LogP contribution < -0.4 is 10.2 Å². The fourth-order valence-corrected chi connectivity index (χ4v) is 2.69. The normalized spacial score (nSPS) is 21.4. The van der Waals surface area contributed by atoms with Crippen LogP contribution in [0, 0.1) is 0 Å². The van der Waals surface area contributed by atoms with Crippen LogP contribution in [0.25, 0.3) is 0 Å². The molecule has 2 rings (SSSR count). The highest BCUT2D eigenvalue weighted by Crippen LogP contribution is 2.18. The average Bonchev–Trinajstić information content (AvgIpc) is 2.57. The minimum absolute atomic E-state index is 0.523. The quantitative estimate of drug-likeness (QED) is 0.895. The Labute approximate surface area is 116 Å². The molecule has 1 atom stereocenters. The Hall–Kier alpha value is -1.13. The molecule has 1 aromatic heterocycles. The maximum Gasteiger partial charge on any atom is 0.129 e. The third-order valence-corrected chi connectivity index (χ3v) is 3.69. The molecule has 0 aliphatic carbocycles. The fraction of sp³-hybridized carbons (Fsp3) is 0.667. The van der Waals surface area contributed by atoms with E-state index in [-0.39, 0.29) is 0 Å². The van der Waals surface area contributed by atoms with Crippen LogP contribution in [-0.4, -0.2) is 49.2 Å². The van der Waals surface area contributed by atoms with Crippen LogP contribution in [0.4, 0.5) is 5.82 Å². The number of nitrogens with zero attached hydrogens (tertiary/aromatic N) is 3. The summed E-state index contributed by atoms with van der Waals surface area (Å²) < 4.78 is 0. The second-order valence-electron chi connectivity index (χ2n) is 5.43. The Morgan fingerprint density at radius 2 is 2.21 bits per heavy atom. The Morgan fingerprint density at radius 3 is 3.00 bits per heavy atom. The van der Waals surface area contributed by atoms with Crippen molar-refractivity contribution < 1.29 is 0 Å². The number of anilines is 1. The summed E-state index contributed by atoms with van der Waals surface area (Å²) in [6.45, 7) is 9.64. The van der Waals surface area contributed by atoms with Crippen molar-refractivity contribution in [2.24, 2.45) is 0 Å². The molecule has 0 spiro atoms. The SMILES string of the molecule is CCNCc1cccc(N2CCCN(C)CC2C)n1. The predicted molar refractivity (Wildman–Crippen MR) is 80.5 cm³/mol. The number of likely N-dealkylation sites (N-methyl/N-ethyl adjacent to an activating group) is 1. The van der Waals surface area contributed by atoms with E-state index in [0.29, 0.717) is 6.04 Å². The van der Waals surface area contributed by atoms with Gasteiger partial charge in [-0.05, 0) is 45.6 Å². The molecule has 1 aromatic rings. The first-order chi connectivity index (χ1) is 9.20. The lowest BCUT2D eigenvalue weighted by molar-refractivity contribution is 0.337. The Kier molecular flexibility index (Phi) is 5.16. The third kappa shape index (κ3) is 3.91. The molecule has 4 heteroatoms. The fourth-order valence-electron chi connectivity index (χ4n) is 2.69. The zero-order valence-electron chi connectivity index (χ0n) is 12.4. The number of pyridine rings is 1. The van der Waals surface area contributed by atoms with Gasteiger partial charge in [0.25, 0.3) is 0 Å². The summed E-state index contributed by atoms with van der Waals surface area (Å²) in [4.78, 5) is 9.65. The van der Waals surface area contributed by atoms with E-state index >= 15 is 0 Å². The molecular formula is C15H26N4. The monoisotopic (exact) mass is 262 g/mol. The number of hydrogen-bond acceptors (Lipinski definition) is 4. The summed E-state index contributed by atoms with van der Waals surface area (Å²) >= 11 is 0. The summed E-state index contributed by atoms with van der Waals surface area (Å²) in [7, 11) is 2.20. The smallest absolute Gasteiger partial charge is 0.129 e. The van der Waals surface area contributed by atoms with Gasteiger partial charge in [-0.3, -0.25) is 0 Å². The van der Waals surface area contributed by atoms with Gasteiger partial charge in [0.1, 0.15) is 5.82 Å². The molecule has 1 fully saturated rings. The number of hydrogen-bond donors (Lipinski definition) is 1. The van der Waals surface area contributed by atoms with Crippen LogP contribution in [0.1, 0.15) is 26.0 Å². The van der Waals surface area contributed by atoms with Crippen molar-refractivity contribution in [1.82, 2.24) is 15.2 Å². The van der Waals surface area contributed by atoms with Crippen LogP contribution in [0.15, 0.2) is 18.2 Å². The first-order valence-corrected chi connectivity index (χ1v) is 7.32. The highest BCUT2D eigenvalue weighted by molar-refractivity contribution is 5.40. The van der Waals surface area contributed by atoms with Gasteiger partial charge in [-0.15, -0.1) is 0 Å². The highest BCUT2D eigenvalue weighted by Gasteiger charge is 2.20. The standard InChI is InChI=1S/C15H26N4/c1-4-16-11-14-7-5-8-15(17-14)19-10-6-9-18(3)12-13(19)2/h5,7-8,13,16H,4,6,9-12H2,1-3H3. The molecule has 0 amide bonds. The zero-order valence-corrected chi connectivity index (χ0v) is 12.4. The second kappa shape index (κ2) is 6.87. The van der Waals surface area contributed by atoms with Crippen molar-refractivity contribution in [2.75, 3.05) is 38.1 Å². The summed E-state index contributed by atoms with van der Waals surface area (Å²) in [5, 5.41) is 3.34. The molecule has 19 heavy (non-hydrogen) atoms. The molecule has 1 N–H and O–H groups in total. The predicted octanol–water partition coefficient (Wildman–Crippen LogP) is 1.72. The maximum atomic E-state index is 4.80. The minimum atomic E-state index is 0.523. The zero-order chi connectivity index (χ0) is 13.7. The molecule has 106 valence electrons. The van der Waals surface area contributed by atoms with Crippen LogP contribution in [0.3, 0.4) is 0 Å². The molecule has 1 saturated heterocycles. The summed E-state index contributed by atoms with van der Waals surface area (Å²) in [5.74, 6) is 1.12. The van der Waals surface area contributed by atoms with Gasteiger partial charge in [-0.25, -0.2) is 4.98 Å². The minimum Gasteiger partial charge on any atom is -0.353 e. The van der Waals surface area contributed by atoms with E-state index in [2.05, 4.69) is 54.2 Å². The number of rotatable bonds is 4. The Balaban J connectivity index is 2.11. The highest BCUT2D eigenvalue weighted by atomic mass is 15.3. The lowest BCUT2D eigenvalue weighted by Crippen LogP contribution is -2.38. The first-order valence-electron chi connectivity index (χ1n) is 7.32. The first kappa shape index (κ1) is 14.3. The molecule has 0 saturated carbocycles. The lowest BCUT2D eigenvalue weighted by Gasteiger charge is -2.29. The average molecular weight is 262 g/mol. The third-order valence-electron chi connectivity index (χ3n) is 3.69. The largest absolute Gasteiger partial charge is 0.353 e. The van der Waals surface area contributed by atoms with Gasteiger partial charge in [0.15, 0.2) is 0 Å². The van der Waals surface area contributed by atoms with E-state index in [9.17, 15) is 0 Å². The summed E-state index contributed by atoms with van der Waals surface area (Å²) in [6.07, 6.45) is 1.21. The van der Waals surface area contributed by atoms with E-state index in [0.717, 1.165) is 37.7 Å². The topological polar surface area (TPSA) is 31.4 Å². The number of nitrogens with one attached hydrogen (secondary N) is 1. The van der Waals surface area contributed by atoms with E-state index in [1.807, 2.05) is 0 Å². The van der Waals surface area contributed by atoms with Gasteiger partial charge in [0.05, 0.1) is 5.69 Å². The Bertz CT molecular complexity index is 393. The van der Waals surface area contributed by atoms with E-state index in [4.69, 9.17) is 4.98 Å². The van der Waals surface area contributed by atoms with Gasteiger partial charge in [-0.1, -0.05) is 13.0 Å². The van der Waals surface area contributed by atoms with E-state index in [1.165, 1.54) is 13.0 Å². The molecule has 0 bridgehead atoms. The van der Waals surface area contributed by atoms with Crippen LogP contribution >= 0.6 is 0 Å². The second-order valence-corrected chi connectivity index (χ2v) is 5.43. The van der Waals surface area contributed by atoms with Gasteiger partial charge >= 0.3 is 0 Å². The van der Waals surface area contributed by atoms with Crippen LogP contribution in [0.2, 0.25) is 0 Å². The molecule has 0 aromatic carbocycles. The molecular weight excluding hydrogens is 236 g/mol. The van der Waals surface area contributed by atoms with Gasteiger partial charge in [0.2, 0.25) is 0 Å². The van der Waals surface area contributed by atoms with Gasteiger partial charge < -0.3 is 15.1 Å². The maximum absolute atomic E-state index is 4.80. The van der Waals surface area contributed by atoms with Crippen molar-refractivity contribution in [3.8, 4) is 0 Å². The van der Waals surface area contributed by atoms with Crippen molar-refractivity contribution in [3.05, 3.63) is 23.9 Å². The summed E-state index contributed by atoms with van der Waals surface area (Å²) in [6, 6.07) is 6.88. The molecule has 0 radical (unpaired) electrons. The summed E-state index contributed by atoms with van der Waals surface area (Å²) in [5.41, 5.74) is 1.13. The van der Waals surface area contributed by atoms with Crippen molar-refractivity contribution in [1.29, 1.82) is 0 Å². The van der Waals surface area contributed by atoms with Gasteiger partial charge in [0, 0.05) is 25.7 Å². The van der Waals surface area contributed by atoms with Crippen molar-refractivity contribution >= 4 is 5.82 Å².